The average molecular weight is 461 g/mol. The number of primary amides is 1. The number of imidazole rings is 1. The molecule has 33 heavy (non-hydrogen) atoms. The maximum absolute atomic E-state index is 10.8. The number of carbonyl (C=O) groups is 3. The van der Waals surface area contributed by atoms with Crippen LogP contribution in [-0.4, -0.2) is 69.3 Å². The van der Waals surface area contributed by atoms with Crippen LogP contribution in [0.4, 0.5) is 0 Å². The van der Waals surface area contributed by atoms with Crippen LogP contribution < -0.4 is 10.5 Å². The number of hydrogen-bond donors (Lipinski definition) is 3. The Kier molecular flexibility index (Phi) is 10.9. The van der Waals surface area contributed by atoms with Gasteiger partial charge in [0.1, 0.15) is 11.6 Å². The SMILES string of the molecule is NC(=O)COc1ccc(-c2nccn2C[C@@H]2CCCN3CCCC[C@H]23)cc1.O=CO.O=CO. The van der Waals surface area contributed by atoms with E-state index in [-0.39, 0.29) is 19.6 Å². The second kappa shape index (κ2) is 13.9. The summed E-state index contributed by atoms with van der Waals surface area (Å²) in [5.74, 6) is 1.86. The van der Waals surface area contributed by atoms with E-state index in [0.717, 1.165) is 24.0 Å². The molecule has 2 saturated heterocycles. The molecule has 3 heterocycles. The molecule has 1 amide bonds. The van der Waals surface area contributed by atoms with Crippen LogP contribution in [0, 0.1) is 5.92 Å². The molecule has 0 unspecified atom stereocenters. The van der Waals surface area contributed by atoms with Gasteiger partial charge in [0.15, 0.2) is 6.61 Å². The Balaban J connectivity index is 0.000000582. The Labute approximate surface area is 193 Å². The first kappa shape index (κ1) is 25.9. The zero-order valence-corrected chi connectivity index (χ0v) is 18.6. The molecular formula is C23H32N4O6. The van der Waals surface area contributed by atoms with E-state index in [2.05, 4.69) is 20.6 Å². The number of fused-ring (bicyclic) bond motifs is 1. The van der Waals surface area contributed by atoms with Crippen LogP contribution in [-0.2, 0) is 20.9 Å². The molecule has 2 aromatic rings. The lowest BCUT2D eigenvalue weighted by atomic mass is 9.83. The summed E-state index contributed by atoms with van der Waals surface area (Å²) in [6.45, 7) is 2.96. The van der Waals surface area contributed by atoms with Gasteiger partial charge in [0.05, 0.1) is 0 Å². The van der Waals surface area contributed by atoms with E-state index in [1.807, 2.05) is 30.5 Å². The van der Waals surface area contributed by atoms with Crippen LogP contribution in [0.1, 0.15) is 32.1 Å². The fraction of sp³-hybridized carbons (Fsp3) is 0.478. The second-order valence-corrected chi connectivity index (χ2v) is 7.89. The molecule has 4 rings (SSSR count). The van der Waals surface area contributed by atoms with Gasteiger partial charge in [-0.3, -0.25) is 14.4 Å². The molecule has 1 aromatic heterocycles. The van der Waals surface area contributed by atoms with E-state index in [1.165, 1.54) is 45.2 Å². The number of carboxylic acid groups (broad SMARTS) is 2. The molecule has 2 fully saturated rings. The van der Waals surface area contributed by atoms with Crippen LogP contribution in [0.15, 0.2) is 36.7 Å². The molecule has 0 aliphatic carbocycles. The van der Waals surface area contributed by atoms with Gasteiger partial charge in [0.25, 0.3) is 18.9 Å². The normalized spacial score (nSPS) is 19.5. The van der Waals surface area contributed by atoms with Gasteiger partial charge in [-0.25, -0.2) is 4.98 Å². The Morgan fingerprint density at radius 1 is 1.09 bits per heavy atom. The monoisotopic (exact) mass is 460 g/mol. The number of benzene rings is 1. The molecule has 180 valence electrons. The molecule has 0 radical (unpaired) electrons. The van der Waals surface area contributed by atoms with Crippen molar-refractivity contribution in [1.82, 2.24) is 14.5 Å². The number of nitrogens with zero attached hydrogens (tertiary/aromatic N) is 3. The number of nitrogens with two attached hydrogens (primary N) is 1. The third kappa shape index (κ3) is 7.90. The maximum atomic E-state index is 10.8. The Morgan fingerprint density at radius 3 is 2.42 bits per heavy atom. The summed E-state index contributed by atoms with van der Waals surface area (Å²) in [6, 6.07) is 8.43. The Morgan fingerprint density at radius 2 is 1.76 bits per heavy atom. The maximum Gasteiger partial charge on any atom is 0.290 e. The first-order valence-corrected chi connectivity index (χ1v) is 11.0. The second-order valence-electron chi connectivity index (χ2n) is 7.89. The van der Waals surface area contributed by atoms with Crippen molar-refractivity contribution in [3.8, 4) is 17.1 Å². The minimum absolute atomic E-state index is 0.104. The molecule has 10 heteroatoms. The van der Waals surface area contributed by atoms with Crippen molar-refractivity contribution in [2.24, 2.45) is 11.7 Å². The van der Waals surface area contributed by atoms with Crippen molar-refractivity contribution in [1.29, 1.82) is 0 Å². The predicted octanol–water partition coefficient (Wildman–Crippen LogP) is 2.08. The van der Waals surface area contributed by atoms with Gasteiger partial charge in [0.2, 0.25) is 0 Å². The van der Waals surface area contributed by atoms with Crippen molar-refractivity contribution < 1.29 is 29.3 Å². The number of amides is 1. The first-order valence-electron chi connectivity index (χ1n) is 11.0. The molecule has 0 saturated carbocycles. The highest BCUT2D eigenvalue weighted by atomic mass is 16.5. The summed E-state index contributed by atoms with van der Waals surface area (Å²) in [5, 5.41) is 13.8. The van der Waals surface area contributed by atoms with Gasteiger partial charge in [-0.15, -0.1) is 0 Å². The third-order valence-electron chi connectivity index (χ3n) is 5.87. The van der Waals surface area contributed by atoms with Gasteiger partial charge in [-0.2, -0.15) is 0 Å². The van der Waals surface area contributed by atoms with Gasteiger partial charge < -0.3 is 30.2 Å². The summed E-state index contributed by atoms with van der Waals surface area (Å²) in [6.07, 6.45) is 10.6. The minimum atomic E-state index is -0.473. The number of aromatic nitrogens is 2. The average Bonchev–Trinajstić information content (AvgIpc) is 3.27. The highest BCUT2D eigenvalue weighted by Gasteiger charge is 2.33. The van der Waals surface area contributed by atoms with Crippen molar-refractivity contribution in [3.05, 3.63) is 36.7 Å². The topological polar surface area (TPSA) is 148 Å². The highest BCUT2D eigenvalue weighted by Crippen LogP contribution is 2.33. The summed E-state index contributed by atoms with van der Waals surface area (Å²) < 4.78 is 7.64. The van der Waals surface area contributed by atoms with E-state index < -0.39 is 5.91 Å². The molecule has 10 nitrogen and oxygen atoms in total. The number of ether oxygens (including phenoxy) is 1. The van der Waals surface area contributed by atoms with Gasteiger partial charge >= 0.3 is 0 Å². The number of piperidine rings is 2. The van der Waals surface area contributed by atoms with Gasteiger partial charge in [-0.1, -0.05) is 6.42 Å². The van der Waals surface area contributed by atoms with Gasteiger partial charge in [0, 0.05) is 30.5 Å². The summed E-state index contributed by atoms with van der Waals surface area (Å²) >= 11 is 0. The fourth-order valence-corrected chi connectivity index (χ4v) is 4.61. The third-order valence-corrected chi connectivity index (χ3v) is 5.87. The van der Waals surface area contributed by atoms with Crippen LogP contribution in [0.25, 0.3) is 11.4 Å². The van der Waals surface area contributed by atoms with Crippen LogP contribution in [0.3, 0.4) is 0 Å². The van der Waals surface area contributed by atoms with Crippen molar-refractivity contribution in [3.63, 3.8) is 0 Å². The lowest BCUT2D eigenvalue weighted by Crippen LogP contribution is -2.49. The molecule has 1 aromatic carbocycles. The fourth-order valence-electron chi connectivity index (χ4n) is 4.61. The zero-order valence-electron chi connectivity index (χ0n) is 18.6. The Hall–Kier alpha value is -3.40. The molecule has 0 spiro atoms. The highest BCUT2D eigenvalue weighted by molar-refractivity contribution is 5.75. The van der Waals surface area contributed by atoms with Crippen molar-refractivity contribution in [2.45, 2.75) is 44.7 Å². The molecule has 2 aliphatic heterocycles. The number of rotatable bonds is 6. The van der Waals surface area contributed by atoms with E-state index >= 15 is 0 Å². The molecule has 4 N–H and O–H groups in total. The summed E-state index contributed by atoms with van der Waals surface area (Å²) in [4.78, 5) is 34.9. The van der Waals surface area contributed by atoms with Crippen molar-refractivity contribution in [2.75, 3.05) is 19.7 Å². The van der Waals surface area contributed by atoms with E-state index in [1.54, 1.807) is 0 Å². The Bertz CT molecular complexity index is 862. The van der Waals surface area contributed by atoms with E-state index in [4.69, 9.17) is 30.3 Å². The summed E-state index contributed by atoms with van der Waals surface area (Å²) in [5.41, 5.74) is 6.18. The number of carbonyl (C=O) groups excluding carboxylic acids is 1. The predicted molar refractivity (Wildman–Crippen MR) is 122 cm³/mol. The number of hydrogen-bond acceptors (Lipinski definition) is 6. The van der Waals surface area contributed by atoms with E-state index in [9.17, 15) is 4.79 Å². The molecular weight excluding hydrogens is 428 g/mol. The van der Waals surface area contributed by atoms with E-state index in [0.29, 0.717) is 11.7 Å². The quantitative estimate of drug-likeness (QED) is 0.555. The smallest absolute Gasteiger partial charge is 0.290 e. The van der Waals surface area contributed by atoms with Crippen LogP contribution in [0.2, 0.25) is 0 Å². The molecule has 2 aliphatic rings. The minimum Gasteiger partial charge on any atom is -0.484 e. The molecule has 0 bridgehead atoms. The van der Waals surface area contributed by atoms with Crippen LogP contribution in [0.5, 0.6) is 5.75 Å². The van der Waals surface area contributed by atoms with Gasteiger partial charge in [-0.05, 0) is 69.0 Å². The molecule has 2 atom stereocenters. The van der Waals surface area contributed by atoms with Crippen LogP contribution >= 0.6 is 0 Å². The standard InChI is InChI=1S/C21H28N4O2.2CH2O2/c22-20(26)15-27-18-8-6-16(7-9-18)21-23-10-13-25(21)14-17-4-3-12-24-11-2-1-5-19(17)24;2*2-1-3/h6-10,13,17,19H,1-5,11-12,14-15H2,(H2,22,26);2*1H,(H,2,3)/t17-,19+;;/m0../s1. The van der Waals surface area contributed by atoms with Crippen molar-refractivity contribution >= 4 is 18.9 Å². The first-order chi connectivity index (χ1) is 16.0. The largest absolute Gasteiger partial charge is 0.484 e. The summed E-state index contributed by atoms with van der Waals surface area (Å²) in [7, 11) is 0. The zero-order chi connectivity index (χ0) is 24.1. The lowest BCUT2D eigenvalue weighted by Gasteiger charge is -2.44. The lowest BCUT2D eigenvalue weighted by molar-refractivity contribution is -0.123.